The molecule has 2 atom stereocenters. The third-order valence-corrected chi connectivity index (χ3v) is 7.11. The second kappa shape index (κ2) is 6.77. The van der Waals surface area contributed by atoms with Crippen LogP contribution in [-0.2, 0) is 16.6 Å². The average Bonchev–Trinajstić information content (AvgIpc) is 3.08. The van der Waals surface area contributed by atoms with Gasteiger partial charge in [-0.05, 0) is 36.7 Å². The van der Waals surface area contributed by atoms with Crippen LogP contribution in [0.5, 0.6) is 0 Å². The summed E-state index contributed by atoms with van der Waals surface area (Å²) in [5, 5.41) is 0. The highest BCUT2D eigenvalue weighted by atomic mass is 32.1. The first-order valence-electron chi connectivity index (χ1n) is 9.80. The maximum Gasteiger partial charge on any atom is 0.160 e. The Labute approximate surface area is 160 Å². The smallest absolute Gasteiger partial charge is 0.160 e. The van der Waals surface area contributed by atoms with Crippen molar-refractivity contribution < 1.29 is 4.79 Å². The van der Waals surface area contributed by atoms with Crippen molar-refractivity contribution in [2.75, 3.05) is 0 Å². The van der Waals surface area contributed by atoms with Crippen LogP contribution in [0, 0.1) is 11.8 Å². The molecule has 0 N–H and O–H groups in total. The molecule has 2 nitrogen and oxygen atoms in total. The molecule has 0 saturated carbocycles. The maximum absolute atomic E-state index is 13.4. The van der Waals surface area contributed by atoms with E-state index >= 15 is 0 Å². The summed E-state index contributed by atoms with van der Waals surface area (Å²) in [7, 11) is 0. The van der Waals surface area contributed by atoms with Gasteiger partial charge in [0.2, 0.25) is 0 Å². The molecule has 0 bridgehead atoms. The molecule has 0 spiro atoms. The molecule has 1 heterocycles. The number of fused-ring (bicyclic) bond motifs is 1. The minimum Gasteiger partial charge on any atom is -0.294 e. The van der Waals surface area contributed by atoms with E-state index in [2.05, 4.69) is 51.1 Å². The van der Waals surface area contributed by atoms with Crippen LogP contribution < -0.4 is 0 Å². The molecular weight excluding hydrogens is 338 g/mol. The lowest BCUT2D eigenvalue weighted by Gasteiger charge is -2.43. The van der Waals surface area contributed by atoms with E-state index in [0.29, 0.717) is 24.0 Å². The number of allylic oxidation sites excluding steroid dienone is 2. The summed E-state index contributed by atoms with van der Waals surface area (Å²) >= 11 is 1.72. The Morgan fingerprint density at radius 2 is 2.00 bits per heavy atom. The van der Waals surface area contributed by atoms with Crippen LogP contribution >= 0.6 is 11.3 Å². The lowest BCUT2D eigenvalue weighted by molar-refractivity contribution is -0.117. The molecule has 26 heavy (non-hydrogen) atoms. The summed E-state index contributed by atoms with van der Waals surface area (Å²) in [5.74, 6) is 1.51. The van der Waals surface area contributed by atoms with E-state index in [1.165, 1.54) is 21.7 Å². The van der Waals surface area contributed by atoms with Gasteiger partial charge in [0.25, 0.3) is 0 Å². The normalized spacial score (nSPS) is 25.4. The summed E-state index contributed by atoms with van der Waals surface area (Å²) < 4.78 is 0. The van der Waals surface area contributed by atoms with Crippen molar-refractivity contribution in [2.24, 2.45) is 11.8 Å². The van der Waals surface area contributed by atoms with Gasteiger partial charge in [-0.25, -0.2) is 4.98 Å². The van der Waals surface area contributed by atoms with Gasteiger partial charge in [0, 0.05) is 23.3 Å². The van der Waals surface area contributed by atoms with Crippen LogP contribution in [0.4, 0.5) is 0 Å². The molecule has 4 rings (SSSR count). The Morgan fingerprint density at radius 1 is 1.23 bits per heavy atom. The quantitative estimate of drug-likeness (QED) is 0.694. The fourth-order valence-electron chi connectivity index (χ4n) is 5.22. The summed E-state index contributed by atoms with van der Waals surface area (Å²) in [4.78, 5) is 19.4. The zero-order valence-corrected chi connectivity index (χ0v) is 16.7. The molecule has 2 aromatic rings. The molecule has 3 heteroatoms. The number of carbonyl (C=O) groups is 1. The van der Waals surface area contributed by atoms with Gasteiger partial charge in [-0.1, -0.05) is 56.7 Å². The number of hydrogen-bond donors (Lipinski definition) is 0. The van der Waals surface area contributed by atoms with Gasteiger partial charge >= 0.3 is 0 Å². The molecule has 1 aromatic carbocycles. The zero-order valence-electron chi connectivity index (χ0n) is 15.9. The van der Waals surface area contributed by atoms with Gasteiger partial charge in [0.05, 0.1) is 16.6 Å². The second-order valence-corrected chi connectivity index (χ2v) is 9.09. The molecule has 1 aromatic heterocycles. The summed E-state index contributed by atoms with van der Waals surface area (Å²) in [5.41, 5.74) is 6.56. The number of hydrogen-bond acceptors (Lipinski definition) is 3. The third-order valence-electron chi connectivity index (χ3n) is 6.08. The standard InChI is InChI=1S/C23H27NOS/c1-4-23(18-8-6-5-7-9-18)21-17(13-19-22(23)26-14-24-19)11-16(10-15(2)3)12-20(21)25/h5-9,14-16H,4,10-13H2,1-3H3/t16?,23-/m1/s1. The first kappa shape index (κ1) is 17.7. The van der Waals surface area contributed by atoms with Gasteiger partial charge in [0.15, 0.2) is 5.78 Å². The number of Topliss-reactive ketones (excluding diaryl/α,β-unsaturated/α-hetero) is 1. The Kier molecular flexibility index (Phi) is 4.60. The van der Waals surface area contributed by atoms with E-state index in [-0.39, 0.29) is 5.41 Å². The fraction of sp³-hybridized carbons (Fsp3) is 0.478. The van der Waals surface area contributed by atoms with Crippen molar-refractivity contribution in [3.05, 3.63) is 63.1 Å². The highest BCUT2D eigenvalue weighted by Gasteiger charge is 2.48. The van der Waals surface area contributed by atoms with Crippen LogP contribution in [0.2, 0.25) is 0 Å². The van der Waals surface area contributed by atoms with Gasteiger partial charge < -0.3 is 0 Å². The van der Waals surface area contributed by atoms with Crippen LogP contribution in [0.25, 0.3) is 0 Å². The van der Waals surface area contributed by atoms with Crippen LogP contribution in [0.1, 0.15) is 62.6 Å². The number of carbonyl (C=O) groups excluding carboxylic acids is 1. The lowest BCUT2D eigenvalue weighted by Crippen LogP contribution is -2.40. The average molecular weight is 366 g/mol. The molecule has 0 radical (unpaired) electrons. The predicted molar refractivity (Wildman–Crippen MR) is 108 cm³/mol. The molecule has 2 aliphatic carbocycles. The topological polar surface area (TPSA) is 30.0 Å². The zero-order chi connectivity index (χ0) is 18.3. The Hall–Kier alpha value is -1.74. The van der Waals surface area contributed by atoms with Crippen molar-refractivity contribution in [2.45, 2.75) is 58.3 Å². The van der Waals surface area contributed by atoms with E-state index in [0.717, 1.165) is 31.3 Å². The van der Waals surface area contributed by atoms with E-state index < -0.39 is 0 Å². The van der Waals surface area contributed by atoms with Gasteiger partial charge in [-0.3, -0.25) is 4.79 Å². The lowest BCUT2D eigenvalue weighted by atomic mass is 9.60. The van der Waals surface area contributed by atoms with Crippen molar-refractivity contribution in [1.29, 1.82) is 0 Å². The molecule has 0 saturated heterocycles. The fourth-order valence-corrected chi connectivity index (χ4v) is 6.33. The SMILES string of the molecule is CC[C@@]1(c2ccccc2)C2=C(Cc3ncsc31)CC(CC(C)C)CC2=O. The number of aromatic nitrogens is 1. The first-order valence-corrected chi connectivity index (χ1v) is 10.7. The van der Waals surface area contributed by atoms with Crippen molar-refractivity contribution in [3.8, 4) is 0 Å². The molecule has 0 amide bonds. The molecular formula is C23H27NOS. The molecule has 0 aliphatic heterocycles. The van der Waals surface area contributed by atoms with Crippen molar-refractivity contribution in [3.63, 3.8) is 0 Å². The van der Waals surface area contributed by atoms with Crippen LogP contribution in [0.3, 0.4) is 0 Å². The number of thiazole rings is 1. The number of rotatable bonds is 4. The maximum atomic E-state index is 13.4. The van der Waals surface area contributed by atoms with Crippen molar-refractivity contribution in [1.82, 2.24) is 4.98 Å². The van der Waals surface area contributed by atoms with E-state index in [1.54, 1.807) is 11.3 Å². The highest BCUT2D eigenvalue weighted by molar-refractivity contribution is 7.10. The van der Waals surface area contributed by atoms with Gasteiger partial charge in [-0.15, -0.1) is 11.3 Å². The largest absolute Gasteiger partial charge is 0.294 e. The Bertz CT molecular complexity index is 848. The number of benzene rings is 1. The molecule has 136 valence electrons. The summed E-state index contributed by atoms with van der Waals surface area (Å²) in [6.45, 7) is 6.74. The highest BCUT2D eigenvalue weighted by Crippen LogP contribution is 2.53. The Morgan fingerprint density at radius 3 is 2.69 bits per heavy atom. The molecule has 0 fully saturated rings. The number of ketones is 1. The van der Waals surface area contributed by atoms with E-state index in [9.17, 15) is 4.79 Å². The number of nitrogens with zero attached hydrogens (tertiary/aromatic N) is 1. The van der Waals surface area contributed by atoms with E-state index in [1.807, 2.05) is 5.51 Å². The molecule has 2 aliphatic rings. The first-order chi connectivity index (χ1) is 12.6. The summed E-state index contributed by atoms with van der Waals surface area (Å²) in [6.07, 6.45) is 4.68. The second-order valence-electron chi connectivity index (χ2n) is 8.24. The molecule has 1 unspecified atom stereocenters. The van der Waals surface area contributed by atoms with Gasteiger partial charge in [-0.2, -0.15) is 0 Å². The van der Waals surface area contributed by atoms with Crippen molar-refractivity contribution >= 4 is 17.1 Å². The Balaban J connectivity index is 1.89. The van der Waals surface area contributed by atoms with Crippen LogP contribution in [-0.4, -0.2) is 10.8 Å². The minimum absolute atomic E-state index is 0.300. The minimum atomic E-state index is -0.300. The predicted octanol–water partition coefficient (Wildman–Crippen LogP) is 5.72. The van der Waals surface area contributed by atoms with Gasteiger partial charge in [0.1, 0.15) is 0 Å². The van der Waals surface area contributed by atoms with Crippen LogP contribution in [0.15, 0.2) is 47.0 Å². The third kappa shape index (κ3) is 2.68. The van der Waals surface area contributed by atoms with E-state index in [4.69, 9.17) is 4.98 Å². The summed E-state index contributed by atoms with van der Waals surface area (Å²) in [6, 6.07) is 10.6. The monoisotopic (exact) mass is 365 g/mol.